The maximum Gasteiger partial charge on any atom is 0.242 e. The van der Waals surface area contributed by atoms with E-state index in [4.69, 9.17) is 5.73 Å². The third kappa shape index (κ3) is 2.40. The molecule has 1 amide bonds. The monoisotopic (exact) mass is 273 g/mol. The predicted molar refractivity (Wildman–Crippen MR) is 80.7 cm³/mol. The van der Waals surface area contributed by atoms with Crippen LogP contribution >= 0.6 is 0 Å². The number of nitrogens with two attached hydrogens (primary N) is 1. The minimum Gasteiger partial charge on any atom is -0.362 e. The van der Waals surface area contributed by atoms with Gasteiger partial charge < -0.3 is 15.5 Å². The molecule has 1 fully saturated rings. The molecule has 2 atom stereocenters. The lowest BCUT2D eigenvalue weighted by Crippen LogP contribution is -2.41. The number of fused-ring (bicyclic) bond motifs is 1. The Morgan fingerprint density at radius 1 is 1.40 bits per heavy atom. The van der Waals surface area contributed by atoms with Crippen LogP contribution in [0.2, 0.25) is 0 Å². The summed E-state index contributed by atoms with van der Waals surface area (Å²) < 4.78 is 0. The molecule has 0 saturated carbocycles. The molecule has 2 heterocycles. The third-order valence-electron chi connectivity index (χ3n) is 4.62. The maximum atomic E-state index is 12.5. The molecule has 1 aromatic carbocycles. The smallest absolute Gasteiger partial charge is 0.242 e. The Morgan fingerprint density at radius 2 is 2.20 bits per heavy atom. The van der Waals surface area contributed by atoms with Crippen LogP contribution in [-0.4, -0.2) is 43.0 Å². The first-order valence-corrected chi connectivity index (χ1v) is 7.51. The first kappa shape index (κ1) is 13.4. The lowest BCUT2D eigenvalue weighted by molar-refractivity contribution is -0.130. The van der Waals surface area contributed by atoms with Crippen molar-refractivity contribution >= 4 is 11.6 Å². The number of rotatable bonds is 3. The Bertz CT molecular complexity index is 502. The van der Waals surface area contributed by atoms with Crippen LogP contribution in [0, 0.1) is 5.92 Å². The van der Waals surface area contributed by atoms with Crippen LogP contribution < -0.4 is 10.6 Å². The quantitative estimate of drug-likeness (QED) is 0.901. The fourth-order valence-electron chi connectivity index (χ4n) is 3.49. The number of hydrogen-bond acceptors (Lipinski definition) is 3. The van der Waals surface area contributed by atoms with E-state index in [1.807, 2.05) is 11.0 Å². The van der Waals surface area contributed by atoms with Crippen LogP contribution in [-0.2, 0) is 11.2 Å². The molecule has 20 heavy (non-hydrogen) atoms. The molecule has 0 radical (unpaired) electrons. The number of anilines is 1. The van der Waals surface area contributed by atoms with Crippen molar-refractivity contribution in [2.75, 3.05) is 31.1 Å². The van der Waals surface area contributed by atoms with Crippen molar-refractivity contribution in [3.63, 3.8) is 0 Å². The SMILES string of the molecule is CC1CC(CN)CN1C(=O)CN1CCc2ccccc21. The second-order valence-corrected chi connectivity index (χ2v) is 6.03. The van der Waals surface area contributed by atoms with Crippen molar-refractivity contribution in [1.82, 2.24) is 4.90 Å². The van der Waals surface area contributed by atoms with Crippen molar-refractivity contribution in [2.24, 2.45) is 11.7 Å². The van der Waals surface area contributed by atoms with Crippen LogP contribution in [0.25, 0.3) is 0 Å². The summed E-state index contributed by atoms with van der Waals surface area (Å²) in [5.74, 6) is 0.713. The summed E-state index contributed by atoms with van der Waals surface area (Å²) in [6, 6.07) is 8.71. The summed E-state index contributed by atoms with van der Waals surface area (Å²) in [4.78, 5) is 16.7. The molecule has 0 bridgehead atoms. The van der Waals surface area contributed by atoms with Crippen LogP contribution in [0.1, 0.15) is 18.9 Å². The molecule has 1 saturated heterocycles. The van der Waals surface area contributed by atoms with Crippen LogP contribution in [0.15, 0.2) is 24.3 Å². The van der Waals surface area contributed by atoms with E-state index >= 15 is 0 Å². The predicted octanol–water partition coefficient (Wildman–Crippen LogP) is 1.24. The van der Waals surface area contributed by atoms with Crippen molar-refractivity contribution in [3.05, 3.63) is 29.8 Å². The number of amides is 1. The lowest BCUT2D eigenvalue weighted by Gasteiger charge is -2.26. The normalized spacial score (nSPS) is 25.1. The van der Waals surface area contributed by atoms with Crippen molar-refractivity contribution in [2.45, 2.75) is 25.8 Å². The lowest BCUT2D eigenvalue weighted by atomic mass is 10.1. The second-order valence-electron chi connectivity index (χ2n) is 6.03. The van der Waals surface area contributed by atoms with E-state index in [0.29, 0.717) is 25.0 Å². The first-order chi connectivity index (χ1) is 9.69. The summed E-state index contributed by atoms with van der Waals surface area (Å²) in [6.07, 6.45) is 2.09. The summed E-state index contributed by atoms with van der Waals surface area (Å²) in [5.41, 5.74) is 8.32. The zero-order valence-electron chi connectivity index (χ0n) is 12.1. The van der Waals surface area contributed by atoms with Gasteiger partial charge in [0, 0.05) is 24.8 Å². The van der Waals surface area contributed by atoms with E-state index in [9.17, 15) is 4.79 Å². The maximum absolute atomic E-state index is 12.5. The van der Waals surface area contributed by atoms with E-state index in [2.05, 4.69) is 30.0 Å². The fraction of sp³-hybridized carbons (Fsp3) is 0.562. The molecular formula is C16H23N3O. The van der Waals surface area contributed by atoms with Gasteiger partial charge in [0.05, 0.1) is 6.54 Å². The van der Waals surface area contributed by atoms with Gasteiger partial charge in [-0.15, -0.1) is 0 Å². The number of carbonyl (C=O) groups is 1. The van der Waals surface area contributed by atoms with Crippen molar-refractivity contribution in [3.8, 4) is 0 Å². The highest BCUT2D eigenvalue weighted by atomic mass is 16.2. The van der Waals surface area contributed by atoms with E-state index in [1.165, 1.54) is 11.3 Å². The standard InChI is InChI=1S/C16H23N3O/c1-12-8-13(9-17)10-19(12)16(20)11-18-7-6-14-4-2-3-5-15(14)18/h2-5,12-13H,6-11,17H2,1H3. The van der Waals surface area contributed by atoms with Crippen molar-refractivity contribution in [1.29, 1.82) is 0 Å². The van der Waals surface area contributed by atoms with Gasteiger partial charge in [0.25, 0.3) is 0 Å². The largest absolute Gasteiger partial charge is 0.362 e. The highest BCUT2D eigenvalue weighted by Crippen LogP contribution is 2.28. The Morgan fingerprint density at radius 3 is 2.95 bits per heavy atom. The van der Waals surface area contributed by atoms with Gasteiger partial charge in [0.2, 0.25) is 5.91 Å². The van der Waals surface area contributed by atoms with Gasteiger partial charge in [-0.2, -0.15) is 0 Å². The van der Waals surface area contributed by atoms with Gasteiger partial charge in [0.15, 0.2) is 0 Å². The summed E-state index contributed by atoms with van der Waals surface area (Å²) in [6.45, 7) is 5.09. The minimum atomic E-state index is 0.241. The second kappa shape index (κ2) is 5.44. The van der Waals surface area contributed by atoms with Crippen LogP contribution in [0.4, 0.5) is 5.69 Å². The van der Waals surface area contributed by atoms with Crippen LogP contribution in [0.5, 0.6) is 0 Å². The minimum absolute atomic E-state index is 0.241. The van der Waals surface area contributed by atoms with Crippen LogP contribution in [0.3, 0.4) is 0 Å². The molecule has 4 heteroatoms. The molecule has 1 aromatic rings. The van der Waals surface area contributed by atoms with Gasteiger partial charge in [-0.05, 0) is 43.9 Å². The molecule has 2 unspecified atom stereocenters. The number of benzene rings is 1. The van der Waals surface area contributed by atoms with E-state index in [1.54, 1.807) is 0 Å². The molecule has 2 aliphatic rings. The van der Waals surface area contributed by atoms with Gasteiger partial charge in [-0.1, -0.05) is 18.2 Å². The third-order valence-corrected chi connectivity index (χ3v) is 4.62. The number of nitrogens with zero attached hydrogens (tertiary/aromatic N) is 2. The fourth-order valence-corrected chi connectivity index (χ4v) is 3.49. The highest BCUT2D eigenvalue weighted by Gasteiger charge is 2.32. The average molecular weight is 273 g/mol. The van der Waals surface area contributed by atoms with Crippen molar-refractivity contribution < 1.29 is 4.79 Å². The van der Waals surface area contributed by atoms with Gasteiger partial charge in [0.1, 0.15) is 0 Å². The molecule has 0 aromatic heterocycles. The Balaban J connectivity index is 1.66. The number of hydrogen-bond donors (Lipinski definition) is 1. The highest BCUT2D eigenvalue weighted by molar-refractivity contribution is 5.83. The number of likely N-dealkylation sites (tertiary alicyclic amines) is 1. The number of para-hydroxylation sites is 1. The van der Waals surface area contributed by atoms with Gasteiger partial charge in [-0.25, -0.2) is 0 Å². The Kier molecular flexibility index (Phi) is 3.66. The van der Waals surface area contributed by atoms with E-state index in [-0.39, 0.29) is 5.91 Å². The summed E-state index contributed by atoms with van der Waals surface area (Å²) in [5, 5.41) is 0. The molecule has 2 aliphatic heterocycles. The summed E-state index contributed by atoms with van der Waals surface area (Å²) in [7, 11) is 0. The molecule has 3 rings (SSSR count). The zero-order valence-corrected chi connectivity index (χ0v) is 12.1. The zero-order chi connectivity index (χ0) is 14.1. The molecule has 108 valence electrons. The Hall–Kier alpha value is -1.55. The average Bonchev–Trinajstić information content (AvgIpc) is 3.03. The molecular weight excluding hydrogens is 250 g/mol. The Labute approximate surface area is 120 Å². The molecule has 4 nitrogen and oxygen atoms in total. The van der Waals surface area contributed by atoms with E-state index < -0.39 is 0 Å². The number of carbonyl (C=O) groups excluding carboxylic acids is 1. The molecule has 0 aliphatic carbocycles. The first-order valence-electron chi connectivity index (χ1n) is 7.51. The van der Waals surface area contributed by atoms with Gasteiger partial charge in [-0.3, -0.25) is 4.79 Å². The van der Waals surface area contributed by atoms with E-state index in [0.717, 1.165) is 25.9 Å². The summed E-state index contributed by atoms with van der Waals surface area (Å²) >= 11 is 0. The van der Waals surface area contributed by atoms with Gasteiger partial charge >= 0.3 is 0 Å². The molecule has 2 N–H and O–H groups in total. The topological polar surface area (TPSA) is 49.6 Å². The molecule has 0 spiro atoms.